The second-order valence-corrected chi connectivity index (χ2v) is 4.54. The first kappa shape index (κ1) is 9.64. The number of hydrogen-bond donors (Lipinski definition) is 0. The molecule has 0 aromatic carbocycles. The summed E-state index contributed by atoms with van der Waals surface area (Å²) in [5, 5.41) is 0. The van der Waals surface area contributed by atoms with E-state index in [-0.39, 0.29) is 0 Å². The molecule has 0 amide bonds. The number of alkyl halides is 3. The monoisotopic (exact) mass is 276 g/mol. The van der Waals surface area contributed by atoms with Gasteiger partial charge in [-0.2, -0.15) is 0 Å². The third-order valence-electron chi connectivity index (χ3n) is 1.93. The van der Waals surface area contributed by atoms with Crippen LogP contribution >= 0.6 is 22.6 Å². The first-order valence-electron chi connectivity index (χ1n) is 3.65. The van der Waals surface area contributed by atoms with Crippen LogP contribution in [0.2, 0.25) is 0 Å². The Morgan fingerprint density at radius 1 is 1.55 bits per heavy atom. The molecule has 3 atom stereocenters. The average molecular weight is 276 g/mol. The van der Waals surface area contributed by atoms with Crippen LogP contribution in [0.3, 0.4) is 0 Å². The minimum Gasteiger partial charge on any atom is -0.372 e. The Labute approximate surface area is 78.6 Å². The summed E-state index contributed by atoms with van der Waals surface area (Å²) in [6.45, 7) is 2.50. The first-order valence-corrected chi connectivity index (χ1v) is 4.89. The van der Waals surface area contributed by atoms with Crippen molar-refractivity contribution in [3.63, 3.8) is 0 Å². The molecule has 0 saturated carbocycles. The zero-order valence-corrected chi connectivity index (χ0v) is 8.42. The van der Waals surface area contributed by atoms with Gasteiger partial charge in [-0.05, 0) is 12.3 Å². The Kier molecular flexibility index (Phi) is 3.49. The van der Waals surface area contributed by atoms with Gasteiger partial charge in [0.05, 0.1) is 6.61 Å². The average Bonchev–Trinajstić information content (AvgIpc) is 1.94. The van der Waals surface area contributed by atoms with Crippen LogP contribution < -0.4 is 0 Å². The number of halogens is 3. The minimum absolute atomic E-state index is 0.334. The van der Waals surface area contributed by atoms with Gasteiger partial charge in [-0.15, -0.1) is 0 Å². The van der Waals surface area contributed by atoms with Crippen LogP contribution in [0.5, 0.6) is 0 Å². The lowest BCUT2D eigenvalue weighted by Crippen LogP contribution is -2.36. The van der Waals surface area contributed by atoms with Gasteiger partial charge < -0.3 is 4.74 Å². The molecule has 1 heterocycles. The molecule has 0 N–H and O–H groups in total. The summed E-state index contributed by atoms with van der Waals surface area (Å²) in [7, 11) is 0. The molecular formula is C7H11F2IO. The van der Waals surface area contributed by atoms with Gasteiger partial charge in [0.1, 0.15) is 6.10 Å². The maximum absolute atomic E-state index is 12.1. The third kappa shape index (κ3) is 2.50. The number of hydrogen-bond acceptors (Lipinski definition) is 1. The van der Waals surface area contributed by atoms with Crippen molar-refractivity contribution < 1.29 is 13.5 Å². The molecule has 1 aliphatic rings. The van der Waals surface area contributed by atoms with E-state index in [1.54, 1.807) is 0 Å². The van der Waals surface area contributed by atoms with E-state index in [0.717, 1.165) is 0 Å². The van der Waals surface area contributed by atoms with E-state index in [2.05, 4.69) is 22.6 Å². The maximum atomic E-state index is 12.1. The van der Waals surface area contributed by atoms with Crippen molar-refractivity contribution in [1.82, 2.24) is 0 Å². The minimum atomic E-state index is -2.32. The van der Waals surface area contributed by atoms with Gasteiger partial charge in [0.25, 0.3) is 6.43 Å². The Bertz CT molecular complexity index is 132. The fraction of sp³-hybridized carbons (Fsp3) is 1.00. The quantitative estimate of drug-likeness (QED) is 0.528. The highest BCUT2D eigenvalue weighted by Gasteiger charge is 2.31. The van der Waals surface area contributed by atoms with Gasteiger partial charge in [0.15, 0.2) is 0 Å². The van der Waals surface area contributed by atoms with Crippen LogP contribution in [0.25, 0.3) is 0 Å². The lowest BCUT2D eigenvalue weighted by atomic mass is 10.0. The van der Waals surface area contributed by atoms with E-state index in [9.17, 15) is 8.78 Å². The Morgan fingerprint density at radius 2 is 2.18 bits per heavy atom. The van der Waals surface area contributed by atoms with Gasteiger partial charge in [0, 0.05) is 3.92 Å². The van der Waals surface area contributed by atoms with Crippen LogP contribution in [-0.2, 0) is 4.74 Å². The normalized spacial score (nSPS) is 39.5. The molecule has 4 heteroatoms. The molecular weight excluding hydrogens is 265 g/mol. The van der Waals surface area contributed by atoms with E-state index < -0.39 is 12.5 Å². The van der Waals surface area contributed by atoms with Crippen molar-refractivity contribution >= 4 is 22.6 Å². The third-order valence-corrected chi connectivity index (χ3v) is 3.67. The summed E-state index contributed by atoms with van der Waals surface area (Å²) in [4.78, 5) is 0. The lowest BCUT2D eigenvalue weighted by molar-refractivity contribution is -0.0887. The van der Waals surface area contributed by atoms with Crippen LogP contribution in [0, 0.1) is 5.92 Å². The highest BCUT2D eigenvalue weighted by Crippen LogP contribution is 2.28. The highest BCUT2D eigenvalue weighted by atomic mass is 127. The Morgan fingerprint density at radius 3 is 2.64 bits per heavy atom. The molecule has 0 bridgehead atoms. The van der Waals surface area contributed by atoms with E-state index in [1.807, 2.05) is 6.92 Å². The predicted molar refractivity (Wildman–Crippen MR) is 47.3 cm³/mol. The highest BCUT2D eigenvalue weighted by molar-refractivity contribution is 14.1. The summed E-state index contributed by atoms with van der Waals surface area (Å²) in [6.07, 6.45) is -2.66. The van der Waals surface area contributed by atoms with Crippen molar-refractivity contribution in [3.8, 4) is 0 Å². The smallest absolute Gasteiger partial charge is 0.264 e. The topological polar surface area (TPSA) is 9.23 Å². The fourth-order valence-corrected chi connectivity index (χ4v) is 1.79. The van der Waals surface area contributed by atoms with Crippen molar-refractivity contribution in [2.45, 2.75) is 29.8 Å². The van der Waals surface area contributed by atoms with E-state index in [1.165, 1.54) is 0 Å². The van der Waals surface area contributed by atoms with Crippen LogP contribution in [-0.4, -0.2) is 23.1 Å². The molecule has 1 rings (SSSR count). The molecule has 1 saturated heterocycles. The van der Waals surface area contributed by atoms with E-state index >= 15 is 0 Å². The van der Waals surface area contributed by atoms with Gasteiger partial charge in [-0.1, -0.05) is 29.5 Å². The zero-order valence-electron chi connectivity index (χ0n) is 6.27. The second-order valence-electron chi connectivity index (χ2n) is 2.94. The maximum Gasteiger partial charge on any atom is 0.264 e. The van der Waals surface area contributed by atoms with Crippen molar-refractivity contribution in [2.24, 2.45) is 5.92 Å². The summed E-state index contributed by atoms with van der Waals surface area (Å²) in [5.41, 5.74) is 0. The lowest BCUT2D eigenvalue weighted by Gasteiger charge is -2.30. The fourth-order valence-electron chi connectivity index (χ4n) is 1.08. The van der Waals surface area contributed by atoms with Crippen molar-refractivity contribution in [1.29, 1.82) is 0 Å². The Balaban J connectivity index is 2.40. The van der Waals surface area contributed by atoms with Crippen molar-refractivity contribution in [2.75, 3.05) is 6.61 Å². The van der Waals surface area contributed by atoms with E-state index in [4.69, 9.17) is 4.74 Å². The summed E-state index contributed by atoms with van der Waals surface area (Å²) in [5.74, 6) is 0.408. The van der Waals surface area contributed by atoms with Gasteiger partial charge >= 0.3 is 0 Å². The molecule has 0 radical (unpaired) electrons. The standard InChI is InChI=1S/C7H11F2IO/c1-4-3-11-6(7(8)9)2-5(4)10/h4-7H,2-3H2,1H3/t4-,5?,6?/m1/s1. The molecule has 0 aliphatic carbocycles. The molecule has 11 heavy (non-hydrogen) atoms. The molecule has 1 fully saturated rings. The molecule has 0 aromatic heterocycles. The molecule has 1 nitrogen and oxygen atoms in total. The molecule has 66 valence electrons. The van der Waals surface area contributed by atoms with Crippen LogP contribution in [0.1, 0.15) is 13.3 Å². The Hall–Kier alpha value is 0.550. The molecule has 0 aromatic rings. The van der Waals surface area contributed by atoms with Crippen molar-refractivity contribution in [3.05, 3.63) is 0 Å². The number of ether oxygens (including phenoxy) is 1. The van der Waals surface area contributed by atoms with E-state index in [0.29, 0.717) is 22.9 Å². The van der Waals surface area contributed by atoms with Crippen LogP contribution in [0.15, 0.2) is 0 Å². The SMILES string of the molecule is C[C@@H]1COC(C(F)F)CC1I. The predicted octanol–water partition coefficient (Wildman–Crippen LogP) is 2.48. The molecule has 2 unspecified atom stereocenters. The molecule has 0 spiro atoms. The first-order chi connectivity index (χ1) is 5.11. The summed E-state index contributed by atoms with van der Waals surface area (Å²) in [6, 6.07) is 0. The van der Waals surface area contributed by atoms with Gasteiger partial charge in [-0.3, -0.25) is 0 Å². The molecule has 1 aliphatic heterocycles. The largest absolute Gasteiger partial charge is 0.372 e. The van der Waals surface area contributed by atoms with Gasteiger partial charge in [0.2, 0.25) is 0 Å². The second kappa shape index (κ2) is 3.98. The van der Waals surface area contributed by atoms with Crippen LogP contribution in [0.4, 0.5) is 8.78 Å². The summed E-state index contributed by atoms with van der Waals surface area (Å²) < 4.78 is 29.5. The zero-order chi connectivity index (χ0) is 8.43. The summed E-state index contributed by atoms with van der Waals surface area (Å²) >= 11 is 2.22. The van der Waals surface area contributed by atoms with Gasteiger partial charge in [-0.25, -0.2) is 8.78 Å². The number of rotatable bonds is 1.